The number of ether oxygens (including phenoxy) is 1. The first-order valence-corrected chi connectivity index (χ1v) is 6.59. The number of hydrogen-bond acceptors (Lipinski definition) is 3. The summed E-state index contributed by atoms with van der Waals surface area (Å²) in [6, 6.07) is 9.95. The number of carbonyl (C=O) groups excluding carboxylic acids is 1. The number of morpholine rings is 1. The summed E-state index contributed by atoms with van der Waals surface area (Å²) in [6.07, 6.45) is 0. The van der Waals surface area contributed by atoms with Gasteiger partial charge in [-0.3, -0.25) is 9.69 Å². The Balaban J connectivity index is 1.95. The van der Waals surface area contributed by atoms with Crippen molar-refractivity contribution in [3.8, 4) is 0 Å². The average Bonchev–Trinajstić information content (AvgIpc) is 2.41. The van der Waals surface area contributed by atoms with Crippen LogP contribution in [0.15, 0.2) is 30.3 Å². The van der Waals surface area contributed by atoms with Crippen molar-refractivity contribution in [2.45, 2.75) is 19.9 Å². The van der Waals surface area contributed by atoms with Crippen LogP contribution >= 0.6 is 0 Å². The van der Waals surface area contributed by atoms with Crippen LogP contribution in [-0.4, -0.2) is 43.0 Å². The topological polar surface area (TPSA) is 29.5 Å². The smallest absolute Gasteiger partial charge is 0.166 e. The summed E-state index contributed by atoms with van der Waals surface area (Å²) in [4.78, 5) is 14.6. The maximum absolute atomic E-state index is 12.3. The molecule has 3 nitrogen and oxygen atoms in total. The molecular weight excluding hydrogens is 226 g/mol. The predicted octanol–water partition coefficient (Wildman–Crippen LogP) is 2.23. The summed E-state index contributed by atoms with van der Waals surface area (Å²) >= 11 is 0. The second kappa shape index (κ2) is 6.12. The molecule has 3 heteroatoms. The number of carbonyl (C=O) groups is 1. The largest absolute Gasteiger partial charge is 0.379 e. The van der Waals surface area contributed by atoms with E-state index in [0.717, 1.165) is 31.9 Å². The molecular formula is C15H21NO2. The van der Waals surface area contributed by atoms with E-state index in [0.29, 0.717) is 6.04 Å². The van der Waals surface area contributed by atoms with Crippen molar-refractivity contribution >= 4 is 5.78 Å². The quantitative estimate of drug-likeness (QED) is 0.764. The molecule has 2 unspecified atom stereocenters. The van der Waals surface area contributed by atoms with Crippen molar-refractivity contribution in [2.24, 2.45) is 5.92 Å². The number of benzene rings is 1. The van der Waals surface area contributed by atoms with Gasteiger partial charge in [0.05, 0.1) is 13.2 Å². The Bertz CT molecular complexity index is 391. The van der Waals surface area contributed by atoms with Crippen LogP contribution in [-0.2, 0) is 4.74 Å². The second-order valence-corrected chi connectivity index (χ2v) is 5.05. The molecule has 0 radical (unpaired) electrons. The summed E-state index contributed by atoms with van der Waals surface area (Å²) in [6.45, 7) is 7.45. The number of Topliss-reactive ketones (excluding diaryl/α,β-unsaturated/α-hetero) is 1. The standard InChI is InChI=1S/C15H21NO2/c1-12(10-16-8-9-18-11-13(16)2)15(17)14-6-4-3-5-7-14/h3-7,12-13H,8-11H2,1-2H3. The van der Waals surface area contributed by atoms with Crippen LogP contribution in [0.25, 0.3) is 0 Å². The fraction of sp³-hybridized carbons (Fsp3) is 0.533. The lowest BCUT2D eigenvalue weighted by atomic mass is 9.98. The van der Waals surface area contributed by atoms with Gasteiger partial charge < -0.3 is 4.74 Å². The SMILES string of the molecule is CC(CN1CCOCC1C)C(=O)c1ccccc1. The van der Waals surface area contributed by atoms with E-state index in [4.69, 9.17) is 4.74 Å². The third-order valence-electron chi connectivity index (χ3n) is 3.52. The van der Waals surface area contributed by atoms with E-state index in [-0.39, 0.29) is 11.7 Å². The van der Waals surface area contributed by atoms with Gasteiger partial charge in [0.15, 0.2) is 5.78 Å². The van der Waals surface area contributed by atoms with Crippen LogP contribution < -0.4 is 0 Å². The number of hydrogen-bond donors (Lipinski definition) is 0. The zero-order valence-electron chi connectivity index (χ0n) is 11.1. The van der Waals surface area contributed by atoms with E-state index in [1.54, 1.807) is 0 Å². The lowest BCUT2D eigenvalue weighted by molar-refractivity contribution is -0.00526. The molecule has 1 heterocycles. The van der Waals surface area contributed by atoms with Crippen LogP contribution in [0.1, 0.15) is 24.2 Å². The van der Waals surface area contributed by atoms with E-state index < -0.39 is 0 Å². The van der Waals surface area contributed by atoms with Gasteiger partial charge >= 0.3 is 0 Å². The van der Waals surface area contributed by atoms with E-state index in [9.17, 15) is 4.79 Å². The Hall–Kier alpha value is -1.19. The van der Waals surface area contributed by atoms with Gasteiger partial charge in [0, 0.05) is 30.6 Å². The molecule has 2 atom stereocenters. The van der Waals surface area contributed by atoms with Crippen LogP contribution in [0.4, 0.5) is 0 Å². The van der Waals surface area contributed by atoms with Gasteiger partial charge in [0.25, 0.3) is 0 Å². The first kappa shape index (κ1) is 13.2. The lowest BCUT2D eigenvalue weighted by Crippen LogP contribution is -2.46. The maximum Gasteiger partial charge on any atom is 0.166 e. The van der Waals surface area contributed by atoms with E-state index in [1.165, 1.54) is 0 Å². The average molecular weight is 247 g/mol. The highest BCUT2D eigenvalue weighted by Gasteiger charge is 2.23. The minimum atomic E-state index is 0.0351. The highest BCUT2D eigenvalue weighted by Crippen LogP contribution is 2.14. The van der Waals surface area contributed by atoms with Crippen molar-refractivity contribution < 1.29 is 9.53 Å². The fourth-order valence-electron chi connectivity index (χ4n) is 2.35. The Morgan fingerprint density at radius 3 is 2.83 bits per heavy atom. The van der Waals surface area contributed by atoms with Gasteiger partial charge in [-0.1, -0.05) is 37.3 Å². The van der Waals surface area contributed by atoms with Gasteiger partial charge in [0.1, 0.15) is 0 Å². The molecule has 0 N–H and O–H groups in total. The molecule has 1 fully saturated rings. The summed E-state index contributed by atoms with van der Waals surface area (Å²) in [5, 5.41) is 0. The Morgan fingerprint density at radius 1 is 1.44 bits per heavy atom. The maximum atomic E-state index is 12.3. The van der Waals surface area contributed by atoms with Crippen molar-refractivity contribution in [2.75, 3.05) is 26.3 Å². The molecule has 2 rings (SSSR count). The number of nitrogens with zero attached hydrogens (tertiary/aromatic N) is 1. The van der Waals surface area contributed by atoms with Crippen molar-refractivity contribution in [1.82, 2.24) is 4.90 Å². The van der Waals surface area contributed by atoms with Gasteiger partial charge in [-0.15, -0.1) is 0 Å². The molecule has 0 amide bonds. The molecule has 98 valence electrons. The van der Waals surface area contributed by atoms with Crippen LogP contribution in [0.3, 0.4) is 0 Å². The normalized spacial score (nSPS) is 22.7. The molecule has 1 aliphatic heterocycles. The molecule has 1 aliphatic rings. The van der Waals surface area contributed by atoms with Crippen molar-refractivity contribution in [3.63, 3.8) is 0 Å². The third kappa shape index (κ3) is 3.18. The molecule has 1 aromatic carbocycles. The highest BCUT2D eigenvalue weighted by molar-refractivity contribution is 5.97. The first-order chi connectivity index (χ1) is 8.68. The minimum absolute atomic E-state index is 0.0351. The predicted molar refractivity (Wildman–Crippen MR) is 71.8 cm³/mol. The molecule has 0 aliphatic carbocycles. The lowest BCUT2D eigenvalue weighted by Gasteiger charge is -2.34. The second-order valence-electron chi connectivity index (χ2n) is 5.05. The highest BCUT2D eigenvalue weighted by atomic mass is 16.5. The first-order valence-electron chi connectivity index (χ1n) is 6.59. The zero-order valence-corrected chi connectivity index (χ0v) is 11.1. The van der Waals surface area contributed by atoms with Crippen LogP contribution in [0.5, 0.6) is 0 Å². The van der Waals surface area contributed by atoms with Gasteiger partial charge in [-0.2, -0.15) is 0 Å². The van der Waals surface area contributed by atoms with Gasteiger partial charge in [0.2, 0.25) is 0 Å². The summed E-state index contributed by atoms with van der Waals surface area (Å²) < 4.78 is 5.41. The number of rotatable bonds is 4. The van der Waals surface area contributed by atoms with Gasteiger partial charge in [-0.05, 0) is 6.92 Å². The monoisotopic (exact) mass is 247 g/mol. The molecule has 1 saturated heterocycles. The molecule has 0 bridgehead atoms. The fourth-order valence-corrected chi connectivity index (χ4v) is 2.35. The molecule has 0 spiro atoms. The zero-order chi connectivity index (χ0) is 13.0. The summed E-state index contributed by atoms with van der Waals surface area (Å²) in [5.41, 5.74) is 0.811. The Labute approximate surface area is 109 Å². The van der Waals surface area contributed by atoms with E-state index in [2.05, 4.69) is 11.8 Å². The summed E-state index contributed by atoms with van der Waals surface area (Å²) in [5.74, 6) is 0.266. The molecule has 0 saturated carbocycles. The molecule has 1 aromatic rings. The molecule has 18 heavy (non-hydrogen) atoms. The third-order valence-corrected chi connectivity index (χ3v) is 3.52. The van der Waals surface area contributed by atoms with Crippen LogP contribution in [0, 0.1) is 5.92 Å². The Morgan fingerprint density at radius 2 is 2.17 bits per heavy atom. The number of ketones is 1. The molecule has 0 aromatic heterocycles. The van der Waals surface area contributed by atoms with Gasteiger partial charge in [-0.25, -0.2) is 0 Å². The minimum Gasteiger partial charge on any atom is -0.379 e. The van der Waals surface area contributed by atoms with Crippen LogP contribution in [0.2, 0.25) is 0 Å². The Kier molecular flexibility index (Phi) is 4.50. The summed E-state index contributed by atoms with van der Waals surface area (Å²) in [7, 11) is 0. The van der Waals surface area contributed by atoms with Crippen molar-refractivity contribution in [1.29, 1.82) is 0 Å². The van der Waals surface area contributed by atoms with Crippen molar-refractivity contribution in [3.05, 3.63) is 35.9 Å². The van der Waals surface area contributed by atoms with E-state index in [1.807, 2.05) is 37.3 Å². The van der Waals surface area contributed by atoms with E-state index >= 15 is 0 Å².